The van der Waals surface area contributed by atoms with Crippen LogP contribution in [0.15, 0.2) is 24.3 Å². The minimum Gasteiger partial charge on any atom is -0.504 e. The normalized spacial score (nSPS) is 10.2. The van der Waals surface area contributed by atoms with Crippen LogP contribution in [0.1, 0.15) is 16.2 Å². The number of aromatic hydroxyl groups is 1. The Bertz CT molecular complexity index is 561. The second kappa shape index (κ2) is 4.29. The molecular weight excluding hydrogens is 220 g/mol. The van der Waals surface area contributed by atoms with Crippen LogP contribution in [0, 0.1) is 6.92 Å². The van der Waals surface area contributed by atoms with Gasteiger partial charge in [0.1, 0.15) is 5.75 Å². The molecular formula is C12H12N2O3. The van der Waals surface area contributed by atoms with Crippen molar-refractivity contribution in [1.82, 2.24) is 9.78 Å². The molecule has 2 aromatic rings. The van der Waals surface area contributed by atoms with Crippen LogP contribution in [0.4, 0.5) is 0 Å². The van der Waals surface area contributed by atoms with Crippen molar-refractivity contribution in [1.29, 1.82) is 0 Å². The SMILES string of the molecule is COc1cccc(-n2nc(C=O)c(O)c2C)c1. The fraction of sp³-hybridized carbons (Fsp3) is 0.167. The summed E-state index contributed by atoms with van der Waals surface area (Å²) in [6, 6.07) is 7.21. The number of rotatable bonds is 3. The third kappa shape index (κ3) is 1.87. The summed E-state index contributed by atoms with van der Waals surface area (Å²) in [6.07, 6.45) is 0.527. The average molecular weight is 232 g/mol. The molecule has 1 heterocycles. The standard InChI is InChI=1S/C12H12N2O3/c1-8-12(16)11(7-15)13-14(8)9-4-3-5-10(6-9)17-2/h3-7,16H,1-2H3. The summed E-state index contributed by atoms with van der Waals surface area (Å²) in [6.45, 7) is 1.69. The zero-order chi connectivity index (χ0) is 12.4. The van der Waals surface area contributed by atoms with Crippen molar-refractivity contribution in [2.75, 3.05) is 7.11 Å². The Morgan fingerprint density at radius 1 is 1.47 bits per heavy atom. The van der Waals surface area contributed by atoms with E-state index < -0.39 is 0 Å². The van der Waals surface area contributed by atoms with Crippen molar-refractivity contribution in [3.8, 4) is 17.2 Å². The lowest BCUT2D eigenvalue weighted by Gasteiger charge is -2.06. The number of hydrogen-bond acceptors (Lipinski definition) is 4. The van der Waals surface area contributed by atoms with E-state index in [1.54, 1.807) is 20.1 Å². The Balaban J connectivity index is 2.56. The van der Waals surface area contributed by atoms with E-state index in [-0.39, 0.29) is 11.4 Å². The van der Waals surface area contributed by atoms with E-state index in [1.807, 2.05) is 18.2 Å². The molecule has 0 spiro atoms. The number of aromatic nitrogens is 2. The summed E-state index contributed by atoms with van der Waals surface area (Å²) in [5.41, 5.74) is 1.27. The van der Waals surface area contributed by atoms with Crippen LogP contribution in [0.5, 0.6) is 11.5 Å². The van der Waals surface area contributed by atoms with Crippen molar-refractivity contribution in [3.05, 3.63) is 35.7 Å². The molecule has 1 aromatic carbocycles. The number of methoxy groups -OCH3 is 1. The van der Waals surface area contributed by atoms with Crippen molar-refractivity contribution in [2.45, 2.75) is 6.92 Å². The van der Waals surface area contributed by atoms with Gasteiger partial charge in [-0.05, 0) is 19.1 Å². The van der Waals surface area contributed by atoms with Gasteiger partial charge >= 0.3 is 0 Å². The maximum atomic E-state index is 10.7. The lowest BCUT2D eigenvalue weighted by atomic mass is 10.3. The fourth-order valence-electron chi connectivity index (χ4n) is 1.59. The summed E-state index contributed by atoms with van der Waals surface area (Å²) < 4.78 is 6.61. The quantitative estimate of drug-likeness (QED) is 0.818. The van der Waals surface area contributed by atoms with Crippen LogP contribution < -0.4 is 4.74 Å². The van der Waals surface area contributed by atoms with Crippen LogP contribution in [0.3, 0.4) is 0 Å². The molecule has 0 unspecified atom stereocenters. The van der Waals surface area contributed by atoms with E-state index in [4.69, 9.17) is 4.74 Å². The minimum atomic E-state index is -0.0946. The molecule has 0 atom stereocenters. The third-order valence-electron chi connectivity index (χ3n) is 2.52. The molecule has 88 valence electrons. The fourth-order valence-corrected chi connectivity index (χ4v) is 1.59. The minimum absolute atomic E-state index is 0.0327. The Morgan fingerprint density at radius 2 is 2.24 bits per heavy atom. The topological polar surface area (TPSA) is 64.4 Å². The van der Waals surface area contributed by atoms with Gasteiger partial charge in [-0.15, -0.1) is 0 Å². The van der Waals surface area contributed by atoms with Crippen molar-refractivity contribution in [2.24, 2.45) is 0 Å². The van der Waals surface area contributed by atoms with Gasteiger partial charge in [0.05, 0.1) is 18.5 Å². The molecule has 5 nitrogen and oxygen atoms in total. The van der Waals surface area contributed by atoms with E-state index in [0.29, 0.717) is 17.7 Å². The predicted octanol–water partition coefficient (Wildman–Crippen LogP) is 1.71. The highest BCUT2D eigenvalue weighted by Gasteiger charge is 2.14. The molecule has 1 N–H and O–H groups in total. The highest BCUT2D eigenvalue weighted by atomic mass is 16.5. The van der Waals surface area contributed by atoms with E-state index in [2.05, 4.69) is 5.10 Å². The average Bonchev–Trinajstić information content (AvgIpc) is 2.66. The van der Waals surface area contributed by atoms with Crippen molar-refractivity contribution < 1.29 is 14.6 Å². The first kappa shape index (κ1) is 11.2. The number of hydrogen-bond donors (Lipinski definition) is 1. The lowest BCUT2D eigenvalue weighted by Crippen LogP contribution is -1.99. The first-order chi connectivity index (χ1) is 8.17. The van der Waals surface area contributed by atoms with Gasteiger partial charge < -0.3 is 9.84 Å². The van der Waals surface area contributed by atoms with Gasteiger partial charge in [-0.25, -0.2) is 4.68 Å². The van der Waals surface area contributed by atoms with Gasteiger partial charge in [0.25, 0.3) is 0 Å². The number of ether oxygens (including phenoxy) is 1. The molecule has 0 aliphatic heterocycles. The lowest BCUT2D eigenvalue weighted by molar-refractivity contribution is 0.111. The highest BCUT2D eigenvalue weighted by molar-refractivity contribution is 5.77. The molecule has 2 rings (SSSR count). The second-order valence-electron chi connectivity index (χ2n) is 3.55. The number of benzene rings is 1. The van der Waals surface area contributed by atoms with Crippen molar-refractivity contribution in [3.63, 3.8) is 0 Å². The first-order valence-electron chi connectivity index (χ1n) is 5.05. The van der Waals surface area contributed by atoms with E-state index in [0.717, 1.165) is 5.69 Å². The predicted molar refractivity (Wildman–Crippen MR) is 61.9 cm³/mol. The van der Waals surface area contributed by atoms with Crippen LogP contribution in [0.25, 0.3) is 5.69 Å². The van der Waals surface area contributed by atoms with Gasteiger partial charge in [-0.2, -0.15) is 5.10 Å². The molecule has 0 saturated carbocycles. The number of aldehydes is 1. The first-order valence-corrected chi connectivity index (χ1v) is 5.05. The summed E-state index contributed by atoms with van der Waals surface area (Å²) in [7, 11) is 1.57. The van der Waals surface area contributed by atoms with E-state index >= 15 is 0 Å². The van der Waals surface area contributed by atoms with Gasteiger partial charge in [0.2, 0.25) is 0 Å². The molecule has 5 heteroatoms. The highest BCUT2D eigenvalue weighted by Crippen LogP contribution is 2.24. The molecule has 0 saturated heterocycles. The number of nitrogens with zero attached hydrogens (tertiary/aromatic N) is 2. The smallest absolute Gasteiger partial charge is 0.174 e. The monoisotopic (exact) mass is 232 g/mol. The van der Waals surface area contributed by atoms with Crippen molar-refractivity contribution >= 4 is 6.29 Å². The molecule has 0 bridgehead atoms. The number of carbonyl (C=O) groups excluding carboxylic acids is 1. The largest absolute Gasteiger partial charge is 0.504 e. The Hall–Kier alpha value is -2.30. The zero-order valence-corrected chi connectivity index (χ0v) is 9.54. The van der Waals surface area contributed by atoms with Crippen LogP contribution in [-0.4, -0.2) is 28.3 Å². The van der Waals surface area contributed by atoms with Crippen LogP contribution >= 0.6 is 0 Å². The molecule has 1 aromatic heterocycles. The van der Waals surface area contributed by atoms with Gasteiger partial charge in [-0.3, -0.25) is 4.79 Å². The van der Waals surface area contributed by atoms with E-state index in [1.165, 1.54) is 4.68 Å². The maximum absolute atomic E-state index is 10.7. The Labute approximate surface area is 98.3 Å². The number of carbonyl (C=O) groups is 1. The molecule has 0 radical (unpaired) electrons. The molecule has 0 fully saturated rings. The summed E-state index contributed by atoms with van der Waals surface area (Å²) >= 11 is 0. The van der Waals surface area contributed by atoms with Crippen LogP contribution in [-0.2, 0) is 0 Å². The van der Waals surface area contributed by atoms with E-state index in [9.17, 15) is 9.90 Å². The molecule has 0 aliphatic rings. The zero-order valence-electron chi connectivity index (χ0n) is 9.54. The van der Waals surface area contributed by atoms with Gasteiger partial charge in [0, 0.05) is 6.07 Å². The summed E-state index contributed by atoms with van der Waals surface area (Å²) in [5, 5.41) is 13.7. The van der Waals surface area contributed by atoms with Gasteiger partial charge in [-0.1, -0.05) is 6.07 Å². The summed E-state index contributed by atoms with van der Waals surface area (Å²) in [4.78, 5) is 10.7. The van der Waals surface area contributed by atoms with Gasteiger partial charge in [0.15, 0.2) is 17.7 Å². The second-order valence-corrected chi connectivity index (χ2v) is 3.55. The van der Waals surface area contributed by atoms with Crippen LogP contribution in [0.2, 0.25) is 0 Å². The maximum Gasteiger partial charge on any atom is 0.174 e. The molecule has 0 aliphatic carbocycles. The Kier molecular flexibility index (Phi) is 2.82. The summed E-state index contributed by atoms with van der Waals surface area (Å²) in [5.74, 6) is 0.590. The molecule has 0 amide bonds. The Morgan fingerprint density at radius 3 is 2.82 bits per heavy atom. The third-order valence-corrected chi connectivity index (χ3v) is 2.52. The molecule has 17 heavy (non-hydrogen) atoms.